The molecule has 2 amide bonds. The van der Waals surface area contributed by atoms with Gasteiger partial charge in [-0.3, -0.25) is 9.59 Å². The van der Waals surface area contributed by atoms with Gasteiger partial charge in [-0.15, -0.1) is 11.3 Å². The van der Waals surface area contributed by atoms with Crippen LogP contribution in [0.1, 0.15) is 40.6 Å². The standard InChI is InChI=1S/C23H28N2O6S2/c1-14-3-8-18-19(11-14)32-23(21(18)22(27)24-15-9-10-33(28,29)13-15)25-20(26)12-31-17-6-4-16(30-2)5-7-17/h4-7,14-15H,3,8-13H2,1-2H3,(H,24,27)(H,25,26)/t14-,15+/m1/s1. The van der Waals surface area contributed by atoms with E-state index in [-0.39, 0.29) is 29.9 Å². The number of hydrogen-bond donors (Lipinski definition) is 2. The third kappa shape index (κ3) is 5.67. The average Bonchev–Trinajstić information content (AvgIpc) is 3.30. The Kier molecular flexibility index (Phi) is 6.94. The van der Waals surface area contributed by atoms with Crippen molar-refractivity contribution in [3.05, 3.63) is 40.3 Å². The number of anilines is 1. The van der Waals surface area contributed by atoms with Crippen molar-refractivity contribution >= 4 is 38.0 Å². The summed E-state index contributed by atoms with van der Waals surface area (Å²) in [5, 5.41) is 6.22. The molecule has 0 unspecified atom stereocenters. The van der Waals surface area contributed by atoms with Gasteiger partial charge < -0.3 is 20.1 Å². The summed E-state index contributed by atoms with van der Waals surface area (Å²) in [5.74, 6) is 1.09. The smallest absolute Gasteiger partial charge is 0.262 e. The molecule has 178 valence electrons. The monoisotopic (exact) mass is 492 g/mol. The molecule has 33 heavy (non-hydrogen) atoms. The van der Waals surface area contributed by atoms with E-state index in [1.807, 2.05) is 0 Å². The van der Waals surface area contributed by atoms with Crippen LogP contribution >= 0.6 is 11.3 Å². The van der Waals surface area contributed by atoms with Crippen molar-refractivity contribution < 1.29 is 27.5 Å². The first kappa shape index (κ1) is 23.6. The number of methoxy groups -OCH3 is 1. The van der Waals surface area contributed by atoms with E-state index in [0.29, 0.717) is 34.4 Å². The van der Waals surface area contributed by atoms with Gasteiger partial charge in [-0.05, 0) is 61.4 Å². The first-order valence-corrected chi connectivity index (χ1v) is 13.6. The molecule has 10 heteroatoms. The van der Waals surface area contributed by atoms with Crippen molar-refractivity contribution in [1.29, 1.82) is 0 Å². The fourth-order valence-corrected chi connectivity index (χ4v) is 7.33. The van der Waals surface area contributed by atoms with Crippen molar-refractivity contribution in [2.75, 3.05) is 30.5 Å². The molecule has 2 aromatic rings. The summed E-state index contributed by atoms with van der Waals surface area (Å²) in [5.41, 5.74) is 1.42. The topological polar surface area (TPSA) is 111 Å². The summed E-state index contributed by atoms with van der Waals surface area (Å²) in [6, 6.07) is 6.51. The van der Waals surface area contributed by atoms with Gasteiger partial charge in [0.2, 0.25) is 0 Å². The van der Waals surface area contributed by atoms with Crippen LogP contribution in [-0.4, -0.2) is 51.5 Å². The number of rotatable bonds is 7. The van der Waals surface area contributed by atoms with Crippen LogP contribution in [0.25, 0.3) is 0 Å². The van der Waals surface area contributed by atoms with Crippen molar-refractivity contribution in [3.63, 3.8) is 0 Å². The van der Waals surface area contributed by atoms with Crippen LogP contribution in [0.4, 0.5) is 5.00 Å². The lowest BCUT2D eigenvalue weighted by atomic mass is 9.88. The van der Waals surface area contributed by atoms with E-state index < -0.39 is 15.9 Å². The maximum Gasteiger partial charge on any atom is 0.262 e. The van der Waals surface area contributed by atoms with Gasteiger partial charge in [0.25, 0.3) is 11.8 Å². The van der Waals surface area contributed by atoms with Gasteiger partial charge in [0.05, 0.1) is 24.2 Å². The van der Waals surface area contributed by atoms with E-state index in [9.17, 15) is 18.0 Å². The van der Waals surface area contributed by atoms with E-state index in [2.05, 4.69) is 17.6 Å². The van der Waals surface area contributed by atoms with Gasteiger partial charge in [0.1, 0.15) is 16.5 Å². The van der Waals surface area contributed by atoms with Crippen LogP contribution < -0.4 is 20.1 Å². The normalized spacial score (nSPS) is 21.2. The molecular weight excluding hydrogens is 464 g/mol. The molecule has 2 aliphatic rings. The van der Waals surface area contributed by atoms with Crippen molar-refractivity contribution in [3.8, 4) is 11.5 Å². The van der Waals surface area contributed by atoms with E-state index in [4.69, 9.17) is 9.47 Å². The Balaban J connectivity index is 1.48. The number of carbonyl (C=O) groups excluding carboxylic acids is 2. The molecule has 1 aromatic heterocycles. The predicted octanol–water partition coefficient (Wildman–Crippen LogP) is 2.82. The number of amides is 2. The summed E-state index contributed by atoms with van der Waals surface area (Å²) < 4.78 is 34.2. The van der Waals surface area contributed by atoms with Gasteiger partial charge in [-0.2, -0.15) is 0 Å². The number of carbonyl (C=O) groups is 2. The van der Waals surface area contributed by atoms with Gasteiger partial charge >= 0.3 is 0 Å². The third-order valence-electron chi connectivity index (χ3n) is 5.99. The van der Waals surface area contributed by atoms with E-state index in [1.54, 1.807) is 31.4 Å². The first-order valence-electron chi connectivity index (χ1n) is 11.0. The average molecular weight is 493 g/mol. The summed E-state index contributed by atoms with van der Waals surface area (Å²) in [6.45, 7) is 1.97. The second-order valence-electron chi connectivity index (χ2n) is 8.64. The van der Waals surface area contributed by atoms with Crippen LogP contribution in [0.5, 0.6) is 11.5 Å². The lowest BCUT2D eigenvalue weighted by Gasteiger charge is -2.19. The minimum atomic E-state index is -3.11. The molecule has 2 heterocycles. The molecule has 1 aliphatic heterocycles. The summed E-state index contributed by atoms with van der Waals surface area (Å²) >= 11 is 1.42. The van der Waals surface area contributed by atoms with Crippen molar-refractivity contribution in [2.24, 2.45) is 5.92 Å². The maximum atomic E-state index is 13.2. The molecule has 1 aromatic carbocycles. The molecule has 1 fully saturated rings. The molecule has 4 rings (SSSR count). The highest BCUT2D eigenvalue weighted by Gasteiger charge is 2.33. The number of ether oxygens (including phenoxy) is 2. The highest BCUT2D eigenvalue weighted by molar-refractivity contribution is 7.91. The van der Waals surface area contributed by atoms with Crippen molar-refractivity contribution in [2.45, 2.75) is 38.6 Å². The second kappa shape index (κ2) is 9.72. The van der Waals surface area contributed by atoms with E-state index >= 15 is 0 Å². The minimum Gasteiger partial charge on any atom is -0.497 e. The van der Waals surface area contributed by atoms with Gasteiger partial charge in [0, 0.05) is 10.9 Å². The highest BCUT2D eigenvalue weighted by atomic mass is 32.2. The largest absolute Gasteiger partial charge is 0.497 e. The lowest BCUT2D eigenvalue weighted by molar-refractivity contribution is -0.118. The van der Waals surface area contributed by atoms with Crippen LogP contribution in [0.15, 0.2) is 24.3 Å². The maximum absolute atomic E-state index is 13.2. The highest BCUT2D eigenvalue weighted by Crippen LogP contribution is 2.39. The first-order chi connectivity index (χ1) is 15.7. The Bertz CT molecular complexity index is 1140. The molecule has 0 bridgehead atoms. The summed E-state index contributed by atoms with van der Waals surface area (Å²) in [7, 11) is -1.53. The van der Waals surface area contributed by atoms with E-state index in [1.165, 1.54) is 11.3 Å². The Hall–Kier alpha value is -2.59. The Labute approximate surface area is 197 Å². The molecule has 0 spiro atoms. The van der Waals surface area contributed by atoms with E-state index in [0.717, 1.165) is 29.7 Å². The quantitative estimate of drug-likeness (QED) is 0.615. The Morgan fingerprint density at radius 1 is 1.15 bits per heavy atom. The Morgan fingerprint density at radius 2 is 1.88 bits per heavy atom. The minimum absolute atomic E-state index is 0.0422. The number of nitrogens with one attached hydrogen (secondary N) is 2. The zero-order valence-corrected chi connectivity index (χ0v) is 20.3. The SMILES string of the molecule is COc1ccc(OCC(=O)Nc2sc3c(c2C(=O)N[C@H]2CCS(=O)(=O)C2)CC[C@@H](C)C3)cc1. The second-order valence-corrected chi connectivity index (χ2v) is 12.0. The van der Waals surface area contributed by atoms with Crippen LogP contribution in [0, 0.1) is 5.92 Å². The molecule has 0 radical (unpaired) electrons. The lowest BCUT2D eigenvalue weighted by Crippen LogP contribution is -2.36. The van der Waals surface area contributed by atoms with Crippen LogP contribution in [0.3, 0.4) is 0 Å². The number of hydrogen-bond acceptors (Lipinski definition) is 7. The predicted molar refractivity (Wildman–Crippen MR) is 127 cm³/mol. The summed E-state index contributed by atoms with van der Waals surface area (Å²) in [4.78, 5) is 26.9. The van der Waals surface area contributed by atoms with Gasteiger partial charge in [0.15, 0.2) is 16.4 Å². The number of fused-ring (bicyclic) bond motifs is 1. The molecule has 0 saturated carbocycles. The number of benzene rings is 1. The molecule has 1 saturated heterocycles. The molecule has 2 atom stereocenters. The zero-order valence-electron chi connectivity index (χ0n) is 18.7. The van der Waals surface area contributed by atoms with Crippen LogP contribution in [0.2, 0.25) is 0 Å². The zero-order chi connectivity index (χ0) is 23.6. The van der Waals surface area contributed by atoms with Crippen LogP contribution in [-0.2, 0) is 27.5 Å². The third-order valence-corrected chi connectivity index (χ3v) is 8.93. The molecule has 1 aliphatic carbocycles. The summed E-state index contributed by atoms with van der Waals surface area (Å²) in [6.07, 6.45) is 3.00. The van der Waals surface area contributed by atoms with Gasteiger partial charge in [-0.25, -0.2) is 8.42 Å². The molecule has 2 N–H and O–H groups in total. The molecule has 8 nitrogen and oxygen atoms in total. The fraction of sp³-hybridized carbons (Fsp3) is 0.478. The molecular formula is C23H28N2O6S2. The number of thiophene rings is 1. The Morgan fingerprint density at radius 3 is 2.55 bits per heavy atom. The number of sulfone groups is 1. The van der Waals surface area contributed by atoms with Crippen molar-refractivity contribution in [1.82, 2.24) is 5.32 Å². The van der Waals surface area contributed by atoms with Gasteiger partial charge in [-0.1, -0.05) is 6.92 Å². The fourth-order valence-electron chi connectivity index (χ4n) is 4.23.